The van der Waals surface area contributed by atoms with Gasteiger partial charge < -0.3 is 4.57 Å². The summed E-state index contributed by atoms with van der Waals surface area (Å²) in [5.74, 6) is 6.77. The number of likely N-dealkylation sites (tertiary alicyclic amines) is 1. The molecular formula is C21H22N2. The summed E-state index contributed by atoms with van der Waals surface area (Å²) in [5.41, 5.74) is 2.56. The van der Waals surface area contributed by atoms with Gasteiger partial charge in [-0.25, -0.2) is 0 Å². The Balaban J connectivity index is 1.60. The van der Waals surface area contributed by atoms with Gasteiger partial charge in [-0.2, -0.15) is 0 Å². The molecule has 1 aromatic heterocycles. The Kier molecular flexibility index (Phi) is 4.05. The van der Waals surface area contributed by atoms with Gasteiger partial charge in [-0.3, -0.25) is 4.90 Å². The van der Waals surface area contributed by atoms with Crippen LogP contribution in [-0.4, -0.2) is 29.1 Å². The van der Waals surface area contributed by atoms with E-state index in [1.54, 1.807) is 0 Å². The Morgan fingerprint density at radius 1 is 0.696 bits per heavy atom. The monoisotopic (exact) mass is 302 g/mol. The molecule has 116 valence electrons. The molecule has 0 aliphatic carbocycles. The van der Waals surface area contributed by atoms with Crippen molar-refractivity contribution in [1.82, 2.24) is 9.47 Å². The van der Waals surface area contributed by atoms with Gasteiger partial charge in [0.2, 0.25) is 0 Å². The highest BCUT2D eigenvalue weighted by Gasteiger charge is 2.09. The molecule has 2 heteroatoms. The fraction of sp³-hybridized carbons (Fsp3) is 0.333. The Morgan fingerprint density at radius 3 is 1.91 bits per heavy atom. The number of fused-ring (bicyclic) bond motifs is 3. The minimum Gasteiger partial charge on any atom is -0.329 e. The highest BCUT2D eigenvalue weighted by Crippen LogP contribution is 2.28. The van der Waals surface area contributed by atoms with E-state index in [0.717, 1.165) is 13.1 Å². The zero-order valence-corrected chi connectivity index (χ0v) is 13.5. The van der Waals surface area contributed by atoms with Gasteiger partial charge in [0.1, 0.15) is 0 Å². The standard InChI is InChI=1S/C21H22N2/c1-6-14-22(15-7-1)16-8-9-17-23-20-12-4-2-10-18(20)19-11-3-5-13-21(19)23/h2-5,10-13H,1,6-7,14-17H2. The molecule has 23 heavy (non-hydrogen) atoms. The van der Waals surface area contributed by atoms with E-state index in [9.17, 15) is 0 Å². The minimum atomic E-state index is 0.766. The van der Waals surface area contributed by atoms with Crippen molar-refractivity contribution in [3.8, 4) is 11.8 Å². The summed E-state index contributed by atoms with van der Waals surface area (Å²) in [6.45, 7) is 4.10. The average molecular weight is 302 g/mol. The fourth-order valence-corrected chi connectivity index (χ4v) is 3.59. The van der Waals surface area contributed by atoms with Crippen LogP contribution in [0.15, 0.2) is 48.5 Å². The molecule has 3 aromatic rings. The number of nitrogens with zero attached hydrogens (tertiary/aromatic N) is 2. The van der Waals surface area contributed by atoms with Crippen molar-refractivity contribution in [3.63, 3.8) is 0 Å². The molecular weight excluding hydrogens is 280 g/mol. The maximum atomic E-state index is 3.39. The van der Waals surface area contributed by atoms with E-state index in [4.69, 9.17) is 0 Å². The van der Waals surface area contributed by atoms with Gasteiger partial charge in [-0.05, 0) is 38.1 Å². The smallest absolute Gasteiger partial charge is 0.0844 e. The van der Waals surface area contributed by atoms with E-state index >= 15 is 0 Å². The first-order chi connectivity index (χ1) is 11.4. The van der Waals surface area contributed by atoms with Crippen LogP contribution in [0.3, 0.4) is 0 Å². The van der Waals surface area contributed by atoms with E-state index in [2.05, 4.69) is 69.8 Å². The Labute approximate surface area is 137 Å². The molecule has 0 atom stereocenters. The molecule has 2 nitrogen and oxygen atoms in total. The van der Waals surface area contributed by atoms with Crippen LogP contribution in [0.1, 0.15) is 19.3 Å². The van der Waals surface area contributed by atoms with Gasteiger partial charge >= 0.3 is 0 Å². The lowest BCUT2D eigenvalue weighted by Gasteiger charge is -2.23. The van der Waals surface area contributed by atoms with Gasteiger partial charge in [0.15, 0.2) is 0 Å². The zero-order valence-electron chi connectivity index (χ0n) is 13.5. The maximum Gasteiger partial charge on any atom is 0.0844 e. The highest BCUT2D eigenvalue weighted by molar-refractivity contribution is 6.07. The average Bonchev–Trinajstić information content (AvgIpc) is 2.94. The summed E-state index contributed by atoms with van der Waals surface area (Å²) in [7, 11) is 0. The van der Waals surface area contributed by atoms with Crippen molar-refractivity contribution in [1.29, 1.82) is 0 Å². The molecule has 4 rings (SSSR count). The fourth-order valence-electron chi connectivity index (χ4n) is 3.59. The SMILES string of the molecule is C(#CCn1c2ccccc2c2ccccc21)CN1CCCCC1. The van der Waals surface area contributed by atoms with Crippen LogP contribution >= 0.6 is 0 Å². The minimum absolute atomic E-state index is 0.766. The van der Waals surface area contributed by atoms with E-state index in [1.807, 2.05) is 0 Å². The van der Waals surface area contributed by atoms with Crippen molar-refractivity contribution in [2.75, 3.05) is 19.6 Å². The van der Waals surface area contributed by atoms with Crippen LogP contribution in [0.5, 0.6) is 0 Å². The molecule has 0 bridgehead atoms. The van der Waals surface area contributed by atoms with Crippen LogP contribution in [0.25, 0.3) is 21.8 Å². The van der Waals surface area contributed by atoms with Crippen LogP contribution < -0.4 is 0 Å². The van der Waals surface area contributed by atoms with E-state index in [1.165, 1.54) is 54.2 Å². The summed E-state index contributed by atoms with van der Waals surface area (Å²) in [6.07, 6.45) is 4.04. The zero-order chi connectivity index (χ0) is 15.5. The van der Waals surface area contributed by atoms with E-state index in [0.29, 0.717) is 0 Å². The van der Waals surface area contributed by atoms with Crippen LogP contribution in [0, 0.1) is 11.8 Å². The van der Waals surface area contributed by atoms with Crippen molar-refractivity contribution < 1.29 is 0 Å². The molecule has 1 saturated heterocycles. The van der Waals surface area contributed by atoms with Crippen LogP contribution in [0.2, 0.25) is 0 Å². The number of hydrogen-bond acceptors (Lipinski definition) is 1. The maximum absolute atomic E-state index is 3.39. The second kappa shape index (κ2) is 6.48. The topological polar surface area (TPSA) is 8.17 Å². The van der Waals surface area contributed by atoms with Gasteiger partial charge in [-0.1, -0.05) is 54.7 Å². The molecule has 0 amide bonds. The Hall–Kier alpha value is -2.24. The van der Waals surface area contributed by atoms with Crippen LogP contribution in [0.4, 0.5) is 0 Å². The Bertz CT molecular complexity index is 820. The Morgan fingerprint density at radius 2 is 1.26 bits per heavy atom. The first-order valence-corrected chi connectivity index (χ1v) is 8.57. The molecule has 0 N–H and O–H groups in total. The number of benzene rings is 2. The largest absolute Gasteiger partial charge is 0.329 e. The number of para-hydroxylation sites is 2. The van der Waals surface area contributed by atoms with Crippen molar-refractivity contribution in [3.05, 3.63) is 48.5 Å². The van der Waals surface area contributed by atoms with Gasteiger partial charge in [0.25, 0.3) is 0 Å². The predicted molar refractivity (Wildman–Crippen MR) is 97.5 cm³/mol. The molecule has 2 aromatic carbocycles. The van der Waals surface area contributed by atoms with Crippen molar-refractivity contribution in [2.24, 2.45) is 0 Å². The van der Waals surface area contributed by atoms with Gasteiger partial charge in [-0.15, -0.1) is 0 Å². The lowest BCUT2D eigenvalue weighted by molar-refractivity contribution is 0.255. The summed E-state index contributed by atoms with van der Waals surface area (Å²) < 4.78 is 2.34. The third kappa shape index (κ3) is 2.85. The third-order valence-electron chi connectivity index (χ3n) is 4.79. The summed E-state index contributed by atoms with van der Waals surface area (Å²) >= 11 is 0. The molecule has 1 aliphatic rings. The summed E-state index contributed by atoms with van der Waals surface area (Å²) in [5, 5.41) is 2.64. The normalized spacial score (nSPS) is 15.7. The highest BCUT2D eigenvalue weighted by atomic mass is 15.1. The van der Waals surface area contributed by atoms with Crippen LogP contribution in [-0.2, 0) is 6.54 Å². The first-order valence-electron chi connectivity index (χ1n) is 8.57. The summed E-state index contributed by atoms with van der Waals surface area (Å²) in [4.78, 5) is 2.47. The van der Waals surface area contributed by atoms with Crippen molar-refractivity contribution in [2.45, 2.75) is 25.8 Å². The molecule has 1 fully saturated rings. The predicted octanol–water partition coefficient (Wildman–Crippen LogP) is 4.28. The van der Waals surface area contributed by atoms with Gasteiger partial charge in [0.05, 0.1) is 13.1 Å². The quantitative estimate of drug-likeness (QED) is 0.641. The molecule has 0 spiro atoms. The van der Waals surface area contributed by atoms with Gasteiger partial charge in [0, 0.05) is 21.8 Å². The number of hydrogen-bond donors (Lipinski definition) is 0. The molecule has 2 heterocycles. The second-order valence-electron chi connectivity index (χ2n) is 6.31. The van der Waals surface area contributed by atoms with E-state index < -0.39 is 0 Å². The molecule has 0 saturated carbocycles. The molecule has 0 radical (unpaired) electrons. The molecule has 0 unspecified atom stereocenters. The molecule has 1 aliphatic heterocycles. The van der Waals surface area contributed by atoms with E-state index in [-0.39, 0.29) is 0 Å². The third-order valence-corrected chi connectivity index (χ3v) is 4.79. The second-order valence-corrected chi connectivity index (χ2v) is 6.31. The number of aromatic nitrogens is 1. The lowest BCUT2D eigenvalue weighted by atomic mass is 10.1. The summed E-state index contributed by atoms with van der Waals surface area (Å²) in [6, 6.07) is 17.2. The lowest BCUT2D eigenvalue weighted by Crippen LogP contribution is -2.29. The number of rotatable bonds is 2. The number of piperidine rings is 1. The van der Waals surface area contributed by atoms with Crippen molar-refractivity contribution >= 4 is 21.8 Å². The first kappa shape index (κ1) is 14.4.